The number of carbonyl (C=O) groups excluding carboxylic acids is 1. The summed E-state index contributed by atoms with van der Waals surface area (Å²) in [6, 6.07) is 1.99. The van der Waals surface area contributed by atoms with Crippen LogP contribution in [0.5, 0.6) is 0 Å². The molecule has 0 bridgehead atoms. The Morgan fingerprint density at radius 2 is 2.05 bits per heavy atom. The van der Waals surface area contributed by atoms with Crippen molar-refractivity contribution in [3.05, 3.63) is 34.5 Å². The van der Waals surface area contributed by atoms with Crippen molar-refractivity contribution in [2.24, 2.45) is 0 Å². The summed E-state index contributed by atoms with van der Waals surface area (Å²) >= 11 is 1.36. The van der Waals surface area contributed by atoms with E-state index in [2.05, 4.69) is 16.5 Å². The molecule has 0 saturated heterocycles. The molecule has 0 unspecified atom stereocenters. The highest BCUT2D eigenvalue weighted by atomic mass is 32.2. The minimum atomic E-state index is 0.129. The highest BCUT2D eigenvalue weighted by Gasteiger charge is 2.17. The molecule has 2 aromatic heterocycles. The molecule has 2 heterocycles. The van der Waals surface area contributed by atoms with Gasteiger partial charge in [0.05, 0.1) is 11.4 Å². The number of hydrogen-bond donors (Lipinski definition) is 0. The first-order valence-corrected chi connectivity index (χ1v) is 8.19. The first kappa shape index (κ1) is 15.9. The zero-order valence-electron chi connectivity index (χ0n) is 13.3. The Bertz CT molecular complexity index is 636. The summed E-state index contributed by atoms with van der Waals surface area (Å²) < 4.78 is 7.70. The van der Waals surface area contributed by atoms with Crippen LogP contribution in [-0.4, -0.2) is 21.1 Å². The first-order chi connectivity index (χ1) is 9.93. The number of hydrogen-bond acceptors (Lipinski definition) is 4. The van der Waals surface area contributed by atoms with Crippen molar-refractivity contribution in [1.82, 2.24) is 9.55 Å². The van der Waals surface area contributed by atoms with E-state index in [1.165, 1.54) is 11.8 Å². The van der Waals surface area contributed by atoms with Crippen LogP contribution in [0.15, 0.2) is 15.7 Å². The maximum atomic E-state index is 12.4. The van der Waals surface area contributed by atoms with Crippen LogP contribution in [0.4, 0.5) is 0 Å². The highest BCUT2D eigenvalue weighted by Crippen LogP contribution is 2.23. The molecule has 0 saturated carbocycles. The fourth-order valence-corrected chi connectivity index (χ4v) is 3.16. The van der Waals surface area contributed by atoms with Gasteiger partial charge < -0.3 is 8.98 Å². The average molecular weight is 306 g/mol. The summed E-state index contributed by atoms with van der Waals surface area (Å²) in [6.45, 7) is 10.9. The quantitative estimate of drug-likeness (QED) is 0.595. The maximum Gasteiger partial charge on any atom is 0.256 e. The fraction of sp³-hybridized carbons (Fsp3) is 0.500. The number of Topliss-reactive ketones (excluding diaryl/α,β-unsaturated/α-hetero) is 1. The smallest absolute Gasteiger partial charge is 0.256 e. The number of rotatable bonds is 6. The van der Waals surface area contributed by atoms with Crippen molar-refractivity contribution in [3.8, 4) is 0 Å². The molecule has 5 heteroatoms. The summed E-state index contributed by atoms with van der Waals surface area (Å²) in [5.74, 6) is 1.30. The van der Waals surface area contributed by atoms with Crippen molar-refractivity contribution in [2.75, 3.05) is 5.75 Å². The Morgan fingerprint density at radius 1 is 1.33 bits per heavy atom. The second-order valence-electron chi connectivity index (χ2n) is 5.27. The van der Waals surface area contributed by atoms with Gasteiger partial charge in [0.15, 0.2) is 5.78 Å². The van der Waals surface area contributed by atoms with Crippen molar-refractivity contribution in [1.29, 1.82) is 0 Å². The molecule has 4 nitrogen and oxygen atoms in total. The molecule has 0 aromatic carbocycles. The summed E-state index contributed by atoms with van der Waals surface area (Å²) in [4.78, 5) is 16.7. The van der Waals surface area contributed by atoms with Crippen molar-refractivity contribution in [3.63, 3.8) is 0 Å². The molecule has 0 aliphatic heterocycles. The van der Waals surface area contributed by atoms with Gasteiger partial charge in [-0.2, -0.15) is 0 Å². The van der Waals surface area contributed by atoms with E-state index in [0.717, 1.165) is 41.4 Å². The molecular weight excluding hydrogens is 284 g/mol. The molecule has 2 rings (SSSR count). The zero-order valence-corrected chi connectivity index (χ0v) is 14.1. The number of ketones is 1. The number of oxazole rings is 1. The Hall–Kier alpha value is -1.49. The monoisotopic (exact) mass is 306 g/mol. The lowest BCUT2D eigenvalue weighted by atomic mass is 10.2. The molecule has 0 spiro atoms. The Morgan fingerprint density at radius 3 is 2.62 bits per heavy atom. The predicted molar refractivity (Wildman–Crippen MR) is 85.2 cm³/mol. The average Bonchev–Trinajstić information content (AvgIpc) is 2.90. The Kier molecular flexibility index (Phi) is 4.93. The van der Waals surface area contributed by atoms with E-state index in [9.17, 15) is 4.79 Å². The van der Waals surface area contributed by atoms with Crippen LogP contribution >= 0.6 is 11.8 Å². The Labute approximate surface area is 129 Å². The molecule has 114 valence electrons. The minimum absolute atomic E-state index is 0.129. The van der Waals surface area contributed by atoms with Gasteiger partial charge in [-0.25, -0.2) is 4.98 Å². The number of nitrogens with zero attached hydrogens (tertiary/aromatic N) is 2. The number of aromatic nitrogens is 2. The molecular formula is C16H22N2O2S. The van der Waals surface area contributed by atoms with E-state index in [4.69, 9.17) is 4.42 Å². The maximum absolute atomic E-state index is 12.4. The van der Waals surface area contributed by atoms with E-state index < -0.39 is 0 Å². The zero-order chi connectivity index (χ0) is 15.6. The van der Waals surface area contributed by atoms with E-state index in [1.54, 1.807) is 0 Å². The molecule has 0 N–H and O–H groups in total. The topological polar surface area (TPSA) is 48.0 Å². The third-order valence-corrected chi connectivity index (χ3v) is 4.49. The van der Waals surface area contributed by atoms with E-state index >= 15 is 0 Å². The molecule has 0 atom stereocenters. The van der Waals surface area contributed by atoms with Crippen LogP contribution in [0.2, 0.25) is 0 Å². The SMILES string of the molecule is CCCn1c(C)cc(C(=O)CSc2nc(C)c(C)o2)c1C. The molecule has 21 heavy (non-hydrogen) atoms. The first-order valence-electron chi connectivity index (χ1n) is 7.20. The summed E-state index contributed by atoms with van der Waals surface area (Å²) in [7, 11) is 0. The molecule has 0 aliphatic rings. The van der Waals surface area contributed by atoms with Gasteiger partial charge in [-0.3, -0.25) is 4.79 Å². The van der Waals surface area contributed by atoms with Gasteiger partial charge >= 0.3 is 0 Å². The van der Waals surface area contributed by atoms with Crippen molar-refractivity contribution in [2.45, 2.75) is 52.8 Å². The molecule has 0 fully saturated rings. The van der Waals surface area contributed by atoms with Gasteiger partial charge in [0, 0.05) is 23.5 Å². The summed E-state index contributed by atoms with van der Waals surface area (Å²) in [6.07, 6.45) is 1.06. The molecule has 2 aromatic rings. The third-order valence-electron chi connectivity index (χ3n) is 3.66. The number of thioether (sulfide) groups is 1. The van der Waals surface area contributed by atoms with Crippen LogP contribution in [0.25, 0.3) is 0 Å². The molecule has 0 radical (unpaired) electrons. The third kappa shape index (κ3) is 3.40. The van der Waals surface area contributed by atoms with Crippen molar-refractivity contribution >= 4 is 17.5 Å². The van der Waals surface area contributed by atoms with Gasteiger partial charge in [-0.05, 0) is 40.2 Å². The van der Waals surface area contributed by atoms with Crippen LogP contribution in [0.1, 0.15) is 46.5 Å². The summed E-state index contributed by atoms with van der Waals surface area (Å²) in [5, 5.41) is 0.570. The fourth-order valence-electron chi connectivity index (χ4n) is 2.36. The van der Waals surface area contributed by atoms with Crippen LogP contribution in [0, 0.1) is 27.7 Å². The standard InChI is InChI=1S/C16H22N2O2S/c1-6-7-18-10(2)8-14(12(18)4)15(19)9-21-16-17-11(3)13(5)20-16/h8H,6-7,9H2,1-5H3. The minimum Gasteiger partial charge on any atom is -0.437 e. The van der Waals surface area contributed by atoms with Crippen LogP contribution < -0.4 is 0 Å². The van der Waals surface area contributed by atoms with E-state index in [-0.39, 0.29) is 5.78 Å². The predicted octanol–water partition coefficient (Wildman–Crippen LogP) is 4.09. The summed E-state index contributed by atoms with van der Waals surface area (Å²) in [5.41, 5.74) is 3.89. The number of carbonyl (C=O) groups is 1. The highest BCUT2D eigenvalue weighted by molar-refractivity contribution is 7.99. The lowest BCUT2D eigenvalue weighted by Gasteiger charge is -2.07. The van der Waals surface area contributed by atoms with Crippen molar-refractivity contribution < 1.29 is 9.21 Å². The van der Waals surface area contributed by atoms with Gasteiger partial charge in [0.25, 0.3) is 5.22 Å². The lowest BCUT2D eigenvalue weighted by Crippen LogP contribution is -2.06. The second-order valence-corrected chi connectivity index (χ2v) is 6.20. The second kappa shape index (κ2) is 6.52. The van der Waals surface area contributed by atoms with Crippen LogP contribution in [-0.2, 0) is 6.54 Å². The normalized spacial score (nSPS) is 11.1. The lowest BCUT2D eigenvalue weighted by molar-refractivity contribution is 0.102. The van der Waals surface area contributed by atoms with Gasteiger partial charge in [0.2, 0.25) is 0 Å². The van der Waals surface area contributed by atoms with E-state index in [1.807, 2.05) is 33.8 Å². The molecule has 0 aliphatic carbocycles. The Balaban J connectivity index is 2.08. The van der Waals surface area contributed by atoms with Gasteiger partial charge in [-0.1, -0.05) is 18.7 Å². The largest absolute Gasteiger partial charge is 0.437 e. The van der Waals surface area contributed by atoms with Gasteiger partial charge in [-0.15, -0.1) is 0 Å². The van der Waals surface area contributed by atoms with Crippen LogP contribution in [0.3, 0.4) is 0 Å². The van der Waals surface area contributed by atoms with E-state index in [0.29, 0.717) is 11.0 Å². The molecule has 0 amide bonds. The van der Waals surface area contributed by atoms with Gasteiger partial charge in [0.1, 0.15) is 5.76 Å². The number of aryl methyl sites for hydroxylation is 3.